The maximum atomic E-state index is 12.7. The van der Waals surface area contributed by atoms with Crippen molar-refractivity contribution >= 4 is 33.7 Å². The summed E-state index contributed by atoms with van der Waals surface area (Å²) in [7, 11) is 0. The van der Waals surface area contributed by atoms with Crippen LogP contribution in [0.2, 0.25) is 0 Å². The normalized spacial score (nSPS) is 14.5. The molecular weight excluding hydrogens is 394 g/mol. The van der Waals surface area contributed by atoms with Crippen LogP contribution in [0.1, 0.15) is 11.4 Å². The highest BCUT2D eigenvalue weighted by Gasteiger charge is 2.24. The number of hydrogen-bond donors (Lipinski definition) is 0. The number of nitrogens with zero attached hydrogens (tertiary/aromatic N) is 5. The van der Waals surface area contributed by atoms with Crippen molar-refractivity contribution in [3.05, 3.63) is 51.3 Å². The number of piperazine rings is 1. The Morgan fingerprint density at radius 2 is 1.82 bits per heavy atom. The SMILES string of the molecule is Cc1cc(=O)cc(C)n1CC(=O)N1CCN(c2nnc(-c3cccs3)s2)CC1. The molecule has 1 amide bonds. The lowest BCUT2D eigenvalue weighted by Crippen LogP contribution is -2.49. The molecule has 7 nitrogen and oxygen atoms in total. The fourth-order valence-corrected chi connectivity index (χ4v) is 5.05. The number of hydrogen-bond acceptors (Lipinski definition) is 7. The van der Waals surface area contributed by atoms with Crippen molar-refractivity contribution < 1.29 is 4.79 Å². The van der Waals surface area contributed by atoms with Crippen molar-refractivity contribution in [1.29, 1.82) is 0 Å². The molecule has 0 N–H and O–H groups in total. The van der Waals surface area contributed by atoms with Crippen LogP contribution in [-0.4, -0.2) is 51.8 Å². The Morgan fingerprint density at radius 1 is 1.11 bits per heavy atom. The summed E-state index contributed by atoms with van der Waals surface area (Å²) in [6.45, 7) is 6.79. The molecule has 1 aliphatic rings. The molecule has 1 saturated heterocycles. The molecule has 0 unspecified atom stereocenters. The topological polar surface area (TPSA) is 71.3 Å². The smallest absolute Gasteiger partial charge is 0.242 e. The van der Waals surface area contributed by atoms with Gasteiger partial charge >= 0.3 is 0 Å². The Balaban J connectivity index is 1.38. The van der Waals surface area contributed by atoms with E-state index in [4.69, 9.17) is 0 Å². The van der Waals surface area contributed by atoms with Gasteiger partial charge in [-0.3, -0.25) is 9.59 Å². The first-order valence-electron chi connectivity index (χ1n) is 9.09. The molecule has 0 aliphatic carbocycles. The molecule has 4 heterocycles. The third-order valence-corrected chi connectivity index (χ3v) is 6.92. The van der Waals surface area contributed by atoms with Gasteiger partial charge in [0, 0.05) is 49.7 Å². The predicted octanol–water partition coefficient (Wildman–Crippen LogP) is 2.39. The van der Waals surface area contributed by atoms with Crippen LogP contribution in [0.4, 0.5) is 5.13 Å². The minimum atomic E-state index is -0.0220. The molecule has 3 aromatic rings. The van der Waals surface area contributed by atoms with Gasteiger partial charge in [0.05, 0.1) is 4.88 Å². The number of thiophene rings is 1. The second-order valence-corrected chi connectivity index (χ2v) is 8.70. The number of carbonyl (C=O) groups is 1. The molecular formula is C19H21N5O2S2. The van der Waals surface area contributed by atoms with Crippen LogP contribution in [0.3, 0.4) is 0 Å². The molecule has 4 rings (SSSR count). The van der Waals surface area contributed by atoms with E-state index in [9.17, 15) is 9.59 Å². The molecule has 0 atom stereocenters. The minimum Gasteiger partial charge on any atom is -0.343 e. The monoisotopic (exact) mass is 415 g/mol. The zero-order valence-electron chi connectivity index (χ0n) is 15.8. The fraction of sp³-hybridized carbons (Fsp3) is 0.368. The lowest BCUT2D eigenvalue weighted by molar-refractivity contribution is -0.132. The minimum absolute atomic E-state index is 0.0220. The Labute approximate surface area is 170 Å². The Kier molecular flexibility index (Phi) is 5.27. The highest BCUT2D eigenvalue weighted by Crippen LogP contribution is 2.31. The molecule has 1 aliphatic heterocycles. The molecule has 28 heavy (non-hydrogen) atoms. The quantitative estimate of drug-likeness (QED) is 0.654. The van der Waals surface area contributed by atoms with E-state index in [1.54, 1.807) is 34.8 Å². The maximum absolute atomic E-state index is 12.7. The van der Waals surface area contributed by atoms with Gasteiger partial charge in [-0.15, -0.1) is 21.5 Å². The molecule has 9 heteroatoms. The van der Waals surface area contributed by atoms with Crippen molar-refractivity contribution in [2.75, 3.05) is 31.1 Å². The van der Waals surface area contributed by atoms with Gasteiger partial charge in [-0.2, -0.15) is 0 Å². The van der Waals surface area contributed by atoms with Gasteiger partial charge in [0.25, 0.3) is 0 Å². The van der Waals surface area contributed by atoms with E-state index in [1.807, 2.05) is 40.8 Å². The average Bonchev–Trinajstić information content (AvgIpc) is 3.36. The van der Waals surface area contributed by atoms with E-state index in [1.165, 1.54) is 0 Å². The van der Waals surface area contributed by atoms with Gasteiger partial charge in [-0.1, -0.05) is 17.4 Å². The van der Waals surface area contributed by atoms with Gasteiger partial charge in [-0.05, 0) is 25.3 Å². The number of rotatable bonds is 4. The standard InChI is InChI=1S/C19H21N5O2S2/c1-13-10-15(25)11-14(2)24(13)12-17(26)22-5-7-23(8-6-22)19-21-20-18(28-19)16-4-3-9-27-16/h3-4,9-11H,5-8,12H2,1-2H3. The van der Waals surface area contributed by atoms with Crippen molar-refractivity contribution in [3.8, 4) is 9.88 Å². The van der Waals surface area contributed by atoms with Crippen LogP contribution < -0.4 is 10.3 Å². The van der Waals surface area contributed by atoms with Crippen molar-refractivity contribution in [2.24, 2.45) is 0 Å². The van der Waals surface area contributed by atoms with Crippen LogP contribution in [0, 0.1) is 13.8 Å². The summed E-state index contributed by atoms with van der Waals surface area (Å²) in [4.78, 5) is 29.5. The van der Waals surface area contributed by atoms with Crippen molar-refractivity contribution in [2.45, 2.75) is 20.4 Å². The Morgan fingerprint density at radius 3 is 2.46 bits per heavy atom. The summed E-state index contributed by atoms with van der Waals surface area (Å²) in [5.74, 6) is 0.0750. The summed E-state index contributed by atoms with van der Waals surface area (Å²) in [6, 6.07) is 7.20. The van der Waals surface area contributed by atoms with Gasteiger partial charge in [0.1, 0.15) is 6.54 Å². The van der Waals surface area contributed by atoms with Gasteiger partial charge in [0.15, 0.2) is 10.4 Å². The maximum Gasteiger partial charge on any atom is 0.242 e. The molecule has 0 aromatic carbocycles. The van der Waals surface area contributed by atoms with E-state index >= 15 is 0 Å². The number of aryl methyl sites for hydroxylation is 2. The van der Waals surface area contributed by atoms with Crippen LogP contribution in [-0.2, 0) is 11.3 Å². The number of carbonyl (C=O) groups excluding carboxylic acids is 1. The first kappa shape index (κ1) is 18.8. The van der Waals surface area contributed by atoms with E-state index in [0.717, 1.165) is 39.5 Å². The van der Waals surface area contributed by atoms with E-state index < -0.39 is 0 Å². The molecule has 3 aromatic heterocycles. The summed E-state index contributed by atoms with van der Waals surface area (Å²) in [5.41, 5.74) is 1.60. The molecule has 1 fully saturated rings. The second kappa shape index (κ2) is 7.84. The van der Waals surface area contributed by atoms with Crippen LogP contribution in [0.15, 0.2) is 34.4 Å². The lowest BCUT2D eigenvalue weighted by Gasteiger charge is -2.34. The second-order valence-electron chi connectivity index (χ2n) is 6.79. The van der Waals surface area contributed by atoms with Gasteiger partial charge in [0.2, 0.25) is 11.0 Å². The van der Waals surface area contributed by atoms with Crippen LogP contribution in [0.25, 0.3) is 9.88 Å². The van der Waals surface area contributed by atoms with E-state index in [0.29, 0.717) is 13.1 Å². The van der Waals surface area contributed by atoms with Gasteiger partial charge < -0.3 is 14.4 Å². The Hall–Kier alpha value is -2.52. The first-order valence-corrected chi connectivity index (χ1v) is 10.8. The molecule has 0 bridgehead atoms. The third kappa shape index (κ3) is 3.85. The van der Waals surface area contributed by atoms with Crippen LogP contribution in [0.5, 0.6) is 0 Å². The fourth-order valence-electron chi connectivity index (χ4n) is 3.36. The molecule has 0 spiro atoms. The van der Waals surface area contributed by atoms with Gasteiger partial charge in [-0.25, -0.2) is 0 Å². The Bertz CT molecular complexity index is 1010. The van der Waals surface area contributed by atoms with Crippen molar-refractivity contribution in [1.82, 2.24) is 19.7 Å². The largest absolute Gasteiger partial charge is 0.343 e. The summed E-state index contributed by atoms with van der Waals surface area (Å²) < 4.78 is 1.90. The molecule has 0 saturated carbocycles. The van der Waals surface area contributed by atoms with E-state index in [-0.39, 0.29) is 17.9 Å². The zero-order chi connectivity index (χ0) is 19.7. The summed E-state index contributed by atoms with van der Waals surface area (Å²) >= 11 is 3.25. The summed E-state index contributed by atoms with van der Waals surface area (Å²) in [5, 5.41) is 12.5. The third-order valence-electron chi connectivity index (χ3n) is 4.90. The highest BCUT2D eigenvalue weighted by molar-refractivity contribution is 7.22. The molecule has 146 valence electrons. The number of pyridine rings is 1. The molecule has 0 radical (unpaired) electrons. The predicted molar refractivity (Wildman–Crippen MR) is 112 cm³/mol. The van der Waals surface area contributed by atoms with Crippen LogP contribution >= 0.6 is 22.7 Å². The lowest BCUT2D eigenvalue weighted by atomic mass is 10.2. The number of amides is 1. The zero-order valence-corrected chi connectivity index (χ0v) is 17.4. The van der Waals surface area contributed by atoms with Crippen molar-refractivity contribution in [3.63, 3.8) is 0 Å². The highest BCUT2D eigenvalue weighted by atomic mass is 32.1. The van der Waals surface area contributed by atoms with E-state index in [2.05, 4.69) is 15.1 Å². The summed E-state index contributed by atoms with van der Waals surface area (Å²) in [6.07, 6.45) is 0. The first-order chi connectivity index (χ1) is 13.5. The number of anilines is 1. The number of aromatic nitrogens is 3. The average molecular weight is 416 g/mol.